The normalized spacial score (nSPS) is 11.0. The van der Waals surface area contributed by atoms with E-state index in [-0.39, 0.29) is 11.8 Å². The van der Waals surface area contributed by atoms with Crippen molar-refractivity contribution in [2.45, 2.75) is 0 Å². The summed E-state index contributed by atoms with van der Waals surface area (Å²) in [6.07, 6.45) is 0. The number of benzene rings is 2. The third-order valence-electron chi connectivity index (χ3n) is 2.74. The maximum Gasteiger partial charge on any atom is 0.206 e. The number of fused-ring (bicyclic) bond motifs is 1. The minimum Gasteiger partial charge on any atom is -0.369 e. The zero-order valence-corrected chi connectivity index (χ0v) is 10.9. The van der Waals surface area contributed by atoms with Gasteiger partial charge in [0.15, 0.2) is 0 Å². The minimum atomic E-state index is -0.327. The summed E-state index contributed by atoms with van der Waals surface area (Å²) < 4.78 is 16.3. The number of rotatable bonds is 1. The van der Waals surface area contributed by atoms with Gasteiger partial charge in [-0.25, -0.2) is 9.37 Å². The molecule has 0 saturated heterocycles. The fourth-order valence-electron chi connectivity index (χ4n) is 1.96. The van der Waals surface area contributed by atoms with E-state index in [1.807, 2.05) is 18.2 Å². The van der Waals surface area contributed by atoms with Crippen LogP contribution in [0.4, 0.5) is 10.3 Å². The van der Waals surface area contributed by atoms with E-state index in [1.165, 1.54) is 6.07 Å². The average Bonchev–Trinajstić information content (AvgIpc) is 2.65. The van der Waals surface area contributed by atoms with E-state index in [9.17, 15) is 4.39 Å². The number of para-hydroxylation sites is 1. The van der Waals surface area contributed by atoms with Gasteiger partial charge in [-0.15, -0.1) is 0 Å². The number of nitrogens with two attached hydrogens (primary N) is 1. The van der Waals surface area contributed by atoms with E-state index in [4.69, 9.17) is 5.73 Å². The van der Waals surface area contributed by atoms with Crippen LogP contribution >= 0.6 is 15.9 Å². The number of nitrogen functional groups attached to an aromatic ring is 1. The van der Waals surface area contributed by atoms with Gasteiger partial charge in [-0.2, -0.15) is 0 Å². The lowest BCUT2D eigenvalue weighted by Crippen LogP contribution is -2.02. The van der Waals surface area contributed by atoms with Gasteiger partial charge in [-0.05, 0) is 30.3 Å². The van der Waals surface area contributed by atoms with Crippen molar-refractivity contribution < 1.29 is 4.39 Å². The predicted octanol–water partition coefficient (Wildman–Crippen LogP) is 3.51. The summed E-state index contributed by atoms with van der Waals surface area (Å²) in [5.74, 6) is -0.0559. The molecule has 18 heavy (non-hydrogen) atoms. The van der Waals surface area contributed by atoms with Gasteiger partial charge in [0.2, 0.25) is 5.95 Å². The molecule has 3 nitrogen and oxygen atoms in total. The van der Waals surface area contributed by atoms with Crippen molar-refractivity contribution in [3.8, 4) is 5.69 Å². The second-order valence-corrected chi connectivity index (χ2v) is 4.81. The Kier molecular flexibility index (Phi) is 2.56. The Hall–Kier alpha value is -1.88. The fourth-order valence-corrected chi connectivity index (χ4v) is 2.31. The third kappa shape index (κ3) is 1.67. The highest BCUT2D eigenvalue weighted by atomic mass is 79.9. The highest BCUT2D eigenvalue weighted by Crippen LogP contribution is 2.26. The maximum absolute atomic E-state index is 13.8. The lowest BCUT2D eigenvalue weighted by Gasteiger charge is -2.07. The molecular formula is C13H9BrFN3. The molecular weight excluding hydrogens is 297 g/mol. The molecule has 2 N–H and O–H groups in total. The van der Waals surface area contributed by atoms with Crippen molar-refractivity contribution in [3.05, 3.63) is 52.8 Å². The lowest BCUT2D eigenvalue weighted by molar-refractivity contribution is 0.620. The summed E-state index contributed by atoms with van der Waals surface area (Å²) in [5, 5.41) is 0. The fraction of sp³-hybridized carbons (Fsp3) is 0. The molecule has 0 bridgehead atoms. The molecule has 0 radical (unpaired) electrons. The molecule has 0 amide bonds. The zero-order chi connectivity index (χ0) is 12.7. The first-order chi connectivity index (χ1) is 8.66. The first-order valence-electron chi connectivity index (χ1n) is 5.35. The molecule has 0 aliphatic carbocycles. The zero-order valence-electron chi connectivity index (χ0n) is 9.27. The molecule has 0 atom stereocenters. The molecule has 0 aliphatic heterocycles. The Balaban J connectivity index is 2.36. The van der Waals surface area contributed by atoms with Crippen molar-refractivity contribution in [3.63, 3.8) is 0 Å². The van der Waals surface area contributed by atoms with Crippen LogP contribution in [0.1, 0.15) is 0 Å². The van der Waals surface area contributed by atoms with E-state index < -0.39 is 0 Å². The second kappa shape index (κ2) is 4.10. The summed E-state index contributed by atoms with van der Waals surface area (Å²) in [4.78, 5) is 4.24. The van der Waals surface area contributed by atoms with Crippen LogP contribution in [-0.2, 0) is 0 Å². The summed E-state index contributed by atoms with van der Waals surface area (Å²) in [6.45, 7) is 0. The number of hydrogen-bond acceptors (Lipinski definition) is 2. The van der Waals surface area contributed by atoms with Crippen LogP contribution < -0.4 is 5.73 Å². The smallest absolute Gasteiger partial charge is 0.206 e. The van der Waals surface area contributed by atoms with Crippen LogP contribution in [0, 0.1) is 5.82 Å². The van der Waals surface area contributed by atoms with E-state index >= 15 is 0 Å². The SMILES string of the molecule is Nc1nc2cc(Br)ccc2n1-c1ccccc1F. The molecule has 5 heteroatoms. The Morgan fingerprint density at radius 2 is 1.94 bits per heavy atom. The number of aromatic nitrogens is 2. The third-order valence-corrected chi connectivity index (χ3v) is 3.23. The van der Waals surface area contributed by atoms with Crippen LogP contribution in [0.3, 0.4) is 0 Å². The first-order valence-corrected chi connectivity index (χ1v) is 6.14. The van der Waals surface area contributed by atoms with Gasteiger partial charge < -0.3 is 5.73 Å². The van der Waals surface area contributed by atoms with Crippen molar-refractivity contribution in [1.29, 1.82) is 0 Å². The molecule has 0 spiro atoms. The average molecular weight is 306 g/mol. The van der Waals surface area contributed by atoms with Crippen LogP contribution in [0.15, 0.2) is 46.9 Å². The van der Waals surface area contributed by atoms with Gasteiger partial charge in [0.1, 0.15) is 5.82 Å². The standard InChI is InChI=1S/C13H9BrFN3/c14-8-5-6-12-10(7-8)17-13(16)18(12)11-4-2-1-3-9(11)15/h1-7H,(H2,16,17). The molecule has 0 aliphatic rings. The summed E-state index contributed by atoms with van der Waals surface area (Å²) in [6, 6.07) is 12.1. The van der Waals surface area contributed by atoms with E-state index in [2.05, 4.69) is 20.9 Å². The molecule has 0 saturated carbocycles. The highest BCUT2D eigenvalue weighted by Gasteiger charge is 2.12. The maximum atomic E-state index is 13.8. The van der Waals surface area contributed by atoms with Gasteiger partial charge in [-0.3, -0.25) is 4.57 Å². The van der Waals surface area contributed by atoms with Gasteiger partial charge in [0.25, 0.3) is 0 Å². The largest absolute Gasteiger partial charge is 0.369 e. The Morgan fingerprint density at radius 3 is 2.72 bits per heavy atom. The van der Waals surface area contributed by atoms with E-state index in [0.717, 1.165) is 15.5 Å². The Labute approximate surface area is 111 Å². The Bertz CT molecular complexity index is 736. The molecule has 90 valence electrons. The van der Waals surface area contributed by atoms with Crippen molar-refractivity contribution in [2.75, 3.05) is 5.73 Å². The van der Waals surface area contributed by atoms with E-state index in [1.54, 1.807) is 22.8 Å². The van der Waals surface area contributed by atoms with Gasteiger partial charge >= 0.3 is 0 Å². The van der Waals surface area contributed by atoms with Gasteiger partial charge in [0, 0.05) is 4.47 Å². The van der Waals surface area contributed by atoms with Crippen LogP contribution in [0.5, 0.6) is 0 Å². The predicted molar refractivity (Wildman–Crippen MR) is 73.1 cm³/mol. The number of halogens is 2. The molecule has 2 aromatic carbocycles. The van der Waals surface area contributed by atoms with Crippen molar-refractivity contribution >= 4 is 32.9 Å². The minimum absolute atomic E-state index is 0.271. The van der Waals surface area contributed by atoms with Crippen molar-refractivity contribution in [1.82, 2.24) is 9.55 Å². The van der Waals surface area contributed by atoms with Gasteiger partial charge in [0.05, 0.1) is 16.7 Å². The molecule has 0 fully saturated rings. The second-order valence-electron chi connectivity index (χ2n) is 3.89. The monoisotopic (exact) mass is 305 g/mol. The summed E-state index contributed by atoms with van der Waals surface area (Å²) >= 11 is 3.37. The van der Waals surface area contributed by atoms with Crippen LogP contribution in [0.25, 0.3) is 16.7 Å². The Morgan fingerprint density at radius 1 is 1.17 bits per heavy atom. The molecule has 0 unspecified atom stereocenters. The molecule has 3 aromatic rings. The van der Waals surface area contributed by atoms with Crippen LogP contribution in [0.2, 0.25) is 0 Å². The number of anilines is 1. The first kappa shape index (κ1) is 11.2. The number of imidazole rings is 1. The molecule has 3 rings (SSSR count). The lowest BCUT2D eigenvalue weighted by atomic mass is 10.2. The summed E-state index contributed by atoms with van der Waals surface area (Å²) in [7, 11) is 0. The summed E-state index contributed by atoms with van der Waals surface area (Å²) in [5.41, 5.74) is 7.78. The molecule has 1 aromatic heterocycles. The van der Waals surface area contributed by atoms with Gasteiger partial charge in [-0.1, -0.05) is 28.1 Å². The van der Waals surface area contributed by atoms with E-state index in [0.29, 0.717) is 5.69 Å². The quantitative estimate of drug-likeness (QED) is 0.747. The van der Waals surface area contributed by atoms with Crippen molar-refractivity contribution in [2.24, 2.45) is 0 Å². The molecule has 1 heterocycles. The number of hydrogen-bond donors (Lipinski definition) is 1. The topological polar surface area (TPSA) is 43.8 Å². The van der Waals surface area contributed by atoms with Crippen LogP contribution in [-0.4, -0.2) is 9.55 Å². The highest BCUT2D eigenvalue weighted by molar-refractivity contribution is 9.10. The number of nitrogens with zero attached hydrogens (tertiary/aromatic N) is 2.